The molecule has 150 valence electrons. The van der Waals surface area contributed by atoms with Crippen molar-refractivity contribution >= 4 is 11.8 Å². The molecule has 5 heteroatoms. The van der Waals surface area contributed by atoms with Crippen molar-refractivity contribution in [3.63, 3.8) is 0 Å². The Morgan fingerprint density at radius 3 is 2.76 bits per heavy atom. The molecule has 0 aromatic heterocycles. The SMILES string of the molecule is Cc1ccc(C)c(CC(=O)N2CC[C@@]34O[C@@H](c5ccccc5)CN3C(=O)C[C@@H]24)c1. The molecule has 0 N–H and O–H groups in total. The standard InChI is InChI=1S/C24H26N2O3/c1-16-8-9-17(2)19(12-16)13-22(27)25-11-10-24-21(25)14-23(28)26(24)15-20(29-24)18-6-4-3-5-7-18/h3-9,12,20-21H,10-11,13-15H2,1-2H3/t20-,21-,24+/m1/s1. The van der Waals surface area contributed by atoms with Crippen LogP contribution in [0.1, 0.15) is 41.2 Å². The van der Waals surface area contributed by atoms with Gasteiger partial charge in [0.1, 0.15) is 6.10 Å². The lowest BCUT2D eigenvalue weighted by Crippen LogP contribution is -2.49. The highest BCUT2D eigenvalue weighted by Gasteiger charge is 2.64. The maximum absolute atomic E-state index is 13.2. The number of hydrogen-bond acceptors (Lipinski definition) is 3. The molecule has 0 radical (unpaired) electrons. The minimum absolute atomic E-state index is 0.0852. The zero-order valence-electron chi connectivity index (χ0n) is 16.9. The number of amides is 2. The second kappa shape index (κ2) is 6.70. The molecule has 29 heavy (non-hydrogen) atoms. The fraction of sp³-hybridized carbons (Fsp3) is 0.417. The van der Waals surface area contributed by atoms with Crippen LogP contribution in [0.5, 0.6) is 0 Å². The summed E-state index contributed by atoms with van der Waals surface area (Å²) in [5.41, 5.74) is 3.77. The van der Waals surface area contributed by atoms with Gasteiger partial charge in [0.25, 0.3) is 0 Å². The molecule has 2 aromatic rings. The number of carbonyl (C=O) groups excluding carboxylic acids is 2. The quantitative estimate of drug-likeness (QED) is 0.809. The van der Waals surface area contributed by atoms with Crippen LogP contribution in [-0.4, -0.2) is 46.5 Å². The zero-order valence-corrected chi connectivity index (χ0v) is 16.9. The van der Waals surface area contributed by atoms with Crippen LogP contribution in [0.3, 0.4) is 0 Å². The van der Waals surface area contributed by atoms with Gasteiger partial charge in [-0.25, -0.2) is 0 Å². The maximum atomic E-state index is 13.2. The van der Waals surface area contributed by atoms with Gasteiger partial charge in [-0.05, 0) is 30.5 Å². The Morgan fingerprint density at radius 2 is 1.97 bits per heavy atom. The van der Waals surface area contributed by atoms with E-state index in [9.17, 15) is 9.59 Å². The number of likely N-dealkylation sites (tertiary alicyclic amines) is 1. The van der Waals surface area contributed by atoms with Crippen LogP contribution in [0, 0.1) is 13.8 Å². The van der Waals surface area contributed by atoms with Crippen molar-refractivity contribution in [1.82, 2.24) is 9.80 Å². The van der Waals surface area contributed by atoms with E-state index in [1.54, 1.807) is 0 Å². The van der Waals surface area contributed by atoms with E-state index in [2.05, 4.69) is 18.2 Å². The van der Waals surface area contributed by atoms with Gasteiger partial charge in [0.05, 0.1) is 25.4 Å². The highest BCUT2D eigenvalue weighted by molar-refractivity contribution is 5.85. The first-order valence-electron chi connectivity index (χ1n) is 10.4. The summed E-state index contributed by atoms with van der Waals surface area (Å²) in [5.74, 6) is 0.180. The van der Waals surface area contributed by atoms with E-state index in [1.165, 1.54) is 0 Å². The number of carbonyl (C=O) groups is 2. The number of ether oxygens (including phenoxy) is 1. The van der Waals surface area contributed by atoms with Crippen LogP contribution >= 0.6 is 0 Å². The summed E-state index contributed by atoms with van der Waals surface area (Å²) in [7, 11) is 0. The van der Waals surface area contributed by atoms with Gasteiger partial charge in [-0.1, -0.05) is 54.1 Å². The third-order valence-corrected chi connectivity index (χ3v) is 6.77. The number of benzene rings is 2. The summed E-state index contributed by atoms with van der Waals surface area (Å²) in [6, 6.07) is 16.1. The molecule has 0 aliphatic carbocycles. The minimum atomic E-state index is -0.658. The average molecular weight is 390 g/mol. The Bertz CT molecular complexity index is 973. The monoisotopic (exact) mass is 390 g/mol. The predicted molar refractivity (Wildman–Crippen MR) is 109 cm³/mol. The first kappa shape index (κ1) is 18.4. The maximum Gasteiger partial charge on any atom is 0.227 e. The second-order valence-electron chi connectivity index (χ2n) is 8.53. The molecule has 0 unspecified atom stereocenters. The molecule has 1 spiro atoms. The van der Waals surface area contributed by atoms with Gasteiger partial charge in [0.2, 0.25) is 11.8 Å². The zero-order chi connectivity index (χ0) is 20.2. The molecular weight excluding hydrogens is 364 g/mol. The van der Waals surface area contributed by atoms with E-state index < -0.39 is 5.72 Å². The number of hydrogen-bond donors (Lipinski definition) is 0. The number of aryl methyl sites for hydroxylation is 2. The molecule has 0 saturated carbocycles. The molecular formula is C24H26N2O3. The van der Waals surface area contributed by atoms with E-state index >= 15 is 0 Å². The first-order valence-corrected chi connectivity index (χ1v) is 10.4. The van der Waals surface area contributed by atoms with E-state index in [1.807, 2.05) is 54.0 Å². The van der Waals surface area contributed by atoms with Gasteiger partial charge >= 0.3 is 0 Å². The molecule has 3 aliphatic heterocycles. The lowest BCUT2D eigenvalue weighted by Gasteiger charge is -2.32. The summed E-state index contributed by atoms with van der Waals surface area (Å²) >= 11 is 0. The highest BCUT2D eigenvalue weighted by atomic mass is 16.5. The van der Waals surface area contributed by atoms with Crippen LogP contribution < -0.4 is 0 Å². The van der Waals surface area contributed by atoms with Gasteiger partial charge in [0, 0.05) is 13.0 Å². The molecule has 3 saturated heterocycles. The third kappa shape index (κ3) is 2.87. The molecule has 3 fully saturated rings. The number of nitrogens with zero attached hydrogens (tertiary/aromatic N) is 2. The molecule has 3 atom stereocenters. The smallest absolute Gasteiger partial charge is 0.227 e. The van der Waals surface area contributed by atoms with Gasteiger partial charge in [-0.2, -0.15) is 0 Å². The Balaban J connectivity index is 1.38. The van der Waals surface area contributed by atoms with Crippen LogP contribution in [0.25, 0.3) is 0 Å². The molecule has 2 amide bonds. The Labute approximate surface area is 171 Å². The molecule has 2 aromatic carbocycles. The Hall–Kier alpha value is -2.66. The van der Waals surface area contributed by atoms with Gasteiger partial charge in [-0.15, -0.1) is 0 Å². The Kier molecular flexibility index (Phi) is 4.24. The molecule has 0 bridgehead atoms. The third-order valence-electron chi connectivity index (χ3n) is 6.77. The van der Waals surface area contributed by atoms with Crippen LogP contribution in [-0.2, 0) is 20.7 Å². The molecule has 5 nitrogen and oxygen atoms in total. The normalized spacial score (nSPS) is 28.0. The van der Waals surface area contributed by atoms with Crippen molar-refractivity contribution in [3.8, 4) is 0 Å². The summed E-state index contributed by atoms with van der Waals surface area (Å²) in [6.45, 7) is 5.29. The van der Waals surface area contributed by atoms with Crippen molar-refractivity contribution in [1.29, 1.82) is 0 Å². The molecule has 3 aliphatic rings. The summed E-state index contributed by atoms with van der Waals surface area (Å²) in [4.78, 5) is 29.8. The second-order valence-corrected chi connectivity index (χ2v) is 8.53. The van der Waals surface area contributed by atoms with E-state index in [-0.39, 0.29) is 24.0 Å². The van der Waals surface area contributed by atoms with E-state index in [0.717, 1.165) is 22.3 Å². The van der Waals surface area contributed by atoms with Crippen molar-refractivity contribution in [2.24, 2.45) is 0 Å². The first-order chi connectivity index (χ1) is 14.0. The molecule has 3 heterocycles. The minimum Gasteiger partial charge on any atom is -0.343 e. The fourth-order valence-corrected chi connectivity index (χ4v) is 5.22. The lowest BCUT2D eigenvalue weighted by molar-refractivity contribution is -0.142. The summed E-state index contributed by atoms with van der Waals surface area (Å²) in [5, 5.41) is 0. The predicted octanol–water partition coefficient (Wildman–Crippen LogP) is 3.15. The highest BCUT2D eigenvalue weighted by Crippen LogP contribution is 2.50. The van der Waals surface area contributed by atoms with Gasteiger partial charge < -0.3 is 14.5 Å². The fourth-order valence-electron chi connectivity index (χ4n) is 5.22. The van der Waals surface area contributed by atoms with E-state index in [4.69, 9.17) is 4.74 Å². The van der Waals surface area contributed by atoms with Crippen LogP contribution in [0.2, 0.25) is 0 Å². The van der Waals surface area contributed by atoms with Crippen molar-refractivity contribution in [3.05, 3.63) is 70.8 Å². The van der Waals surface area contributed by atoms with Gasteiger partial charge in [-0.3, -0.25) is 9.59 Å². The van der Waals surface area contributed by atoms with Crippen molar-refractivity contribution in [2.75, 3.05) is 13.1 Å². The summed E-state index contributed by atoms with van der Waals surface area (Å²) < 4.78 is 6.54. The van der Waals surface area contributed by atoms with Gasteiger partial charge in [0.15, 0.2) is 5.72 Å². The van der Waals surface area contributed by atoms with Crippen molar-refractivity contribution < 1.29 is 14.3 Å². The Morgan fingerprint density at radius 1 is 1.17 bits per heavy atom. The summed E-state index contributed by atoms with van der Waals surface area (Å²) in [6.07, 6.45) is 1.29. The van der Waals surface area contributed by atoms with Crippen LogP contribution in [0.15, 0.2) is 48.5 Å². The van der Waals surface area contributed by atoms with E-state index in [0.29, 0.717) is 32.4 Å². The topological polar surface area (TPSA) is 49.9 Å². The van der Waals surface area contributed by atoms with Crippen molar-refractivity contribution in [2.45, 2.75) is 51.0 Å². The largest absolute Gasteiger partial charge is 0.343 e. The number of rotatable bonds is 3. The lowest BCUT2D eigenvalue weighted by atomic mass is 10.0. The molecule has 5 rings (SSSR count). The average Bonchev–Trinajstić information content (AvgIpc) is 3.34. The van der Waals surface area contributed by atoms with Crippen LogP contribution in [0.4, 0.5) is 0 Å².